The number of aliphatic carboxylic acids is 1. The number of hydrogen-bond acceptors (Lipinski definition) is 4. The fraction of sp³-hybridized carbons (Fsp3) is 0.667. The fourth-order valence-electron chi connectivity index (χ4n) is 2.46. The lowest BCUT2D eigenvalue weighted by Crippen LogP contribution is -2.59. The molecule has 1 aromatic heterocycles. The van der Waals surface area contributed by atoms with Gasteiger partial charge in [0.2, 0.25) is 0 Å². The predicted molar refractivity (Wildman–Crippen MR) is 84.4 cm³/mol. The number of aromatic nitrogens is 2. The molecule has 0 saturated heterocycles. The summed E-state index contributed by atoms with van der Waals surface area (Å²) >= 11 is 5.98. The summed E-state index contributed by atoms with van der Waals surface area (Å²) in [4.78, 5) is 24.1. The molecular weight excluding hydrogens is 322 g/mol. The number of ether oxygens (including phenoxy) is 1. The van der Waals surface area contributed by atoms with E-state index in [1.165, 1.54) is 4.68 Å². The first kappa shape index (κ1) is 17.6. The molecule has 1 atom stereocenters. The van der Waals surface area contributed by atoms with Crippen LogP contribution in [0, 0.1) is 12.8 Å². The Bertz CT molecular complexity index is 599. The Balaban J connectivity index is 2.25. The number of carboxylic acids is 1. The monoisotopic (exact) mass is 343 g/mol. The van der Waals surface area contributed by atoms with E-state index < -0.39 is 23.2 Å². The van der Waals surface area contributed by atoms with Crippen molar-refractivity contribution in [2.24, 2.45) is 5.92 Å². The summed E-state index contributed by atoms with van der Waals surface area (Å²) in [5.74, 6) is -1.26. The standard InChI is InChI=1S/C15H22ClN3O4/c1-9-11(16)7-19(18-9)8-15(12(20)21,10-5-6-10)17-13(22)23-14(2,3)4/h7,10H,5-6,8H2,1-4H3,(H,17,22)(H,20,21). The molecule has 1 fully saturated rings. The number of alkyl carbamates (subject to hydrolysis) is 1. The zero-order chi connectivity index (χ0) is 17.4. The van der Waals surface area contributed by atoms with Gasteiger partial charge < -0.3 is 15.2 Å². The van der Waals surface area contributed by atoms with E-state index >= 15 is 0 Å². The Morgan fingerprint density at radius 1 is 1.48 bits per heavy atom. The van der Waals surface area contributed by atoms with E-state index in [0.29, 0.717) is 10.7 Å². The van der Waals surface area contributed by atoms with Crippen molar-refractivity contribution in [3.05, 3.63) is 16.9 Å². The van der Waals surface area contributed by atoms with E-state index in [1.807, 2.05) is 0 Å². The van der Waals surface area contributed by atoms with Crippen LogP contribution in [0.25, 0.3) is 0 Å². The molecule has 8 heteroatoms. The van der Waals surface area contributed by atoms with Crippen LogP contribution in [0.4, 0.5) is 4.79 Å². The third-order valence-electron chi connectivity index (χ3n) is 3.68. The van der Waals surface area contributed by atoms with Crippen LogP contribution in [-0.2, 0) is 16.1 Å². The molecule has 2 N–H and O–H groups in total. The summed E-state index contributed by atoms with van der Waals surface area (Å²) in [6, 6.07) is 0. The van der Waals surface area contributed by atoms with Crippen molar-refractivity contribution in [1.82, 2.24) is 15.1 Å². The molecular formula is C15H22ClN3O4. The van der Waals surface area contributed by atoms with E-state index in [9.17, 15) is 14.7 Å². The third-order valence-corrected chi connectivity index (χ3v) is 4.05. The van der Waals surface area contributed by atoms with Crippen LogP contribution in [0.3, 0.4) is 0 Å². The van der Waals surface area contributed by atoms with Crippen LogP contribution in [0.1, 0.15) is 39.3 Å². The van der Waals surface area contributed by atoms with Gasteiger partial charge in [-0.05, 0) is 46.5 Å². The molecule has 7 nitrogen and oxygen atoms in total. The highest BCUT2D eigenvalue weighted by atomic mass is 35.5. The summed E-state index contributed by atoms with van der Waals surface area (Å²) in [6.07, 6.45) is 2.28. The van der Waals surface area contributed by atoms with Crippen LogP contribution >= 0.6 is 11.6 Å². The van der Waals surface area contributed by atoms with Gasteiger partial charge in [-0.1, -0.05) is 11.6 Å². The van der Waals surface area contributed by atoms with Gasteiger partial charge in [-0.2, -0.15) is 5.10 Å². The van der Waals surface area contributed by atoms with Crippen LogP contribution in [0.5, 0.6) is 0 Å². The lowest BCUT2D eigenvalue weighted by Gasteiger charge is -2.31. The lowest BCUT2D eigenvalue weighted by atomic mass is 9.93. The number of rotatable bonds is 5. The van der Waals surface area contributed by atoms with Gasteiger partial charge in [-0.15, -0.1) is 0 Å². The number of carboxylic acid groups (broad SMARTS) is 1. The molecule has 0 radical (unpaired) electrons. The molecule has 1 heterocycles. The number of aryl methyl sites for hydroxylation is 1. The molecule has 0 spiro atoms. The Labute approximate surface area is 139 Å². The first-order valence-electron chi connectivity index (χ1n) is 7.47. The second-order valence-corrected chi connectivity index (χ2v) is 7.34. The lowest BCUT2D eigenvalue weighted by molar-refractivity contribution is -0.146. The summed E-state index contributed by atoms with van der Waals surface area (Å²) in [5, 5.41) is 17.0. The number of hydrogen-bond donors (Lipinski definition) is 2. The fourth-order valence-corrected chi connectivity index (χ4v) is 2.61. The highest BCUT2D eigenvalue weighted by Gasteiger charge is 2.53. The maximum Gasteiger partial charge on any atom is 0.408 e. The molecule has 1 aliphatic rings. The number of carbonyl (C=O) groups is 2. The Morgan fingerprint density at radius 3 is 2.48 bits per heavy atom. The van der Waals surface area contributed by atoms with Gasteiger partial charge in [-0.3, -0.25) is 4.68 Å². The average molecular weight is 344 g/mol. The molecule has 2 rings (SSSR count). The molecule has 0 bridgehead atoms. The maximum absolute atomic E-state index is 12.1. The van der Waals surface area contributed by atoms with Crippen molar-refractivity contribution in [1.29, 1.82) is 0 Å². The molecule has 1 unspecified atom stereocenters. The van der Waals surface area contributed by atoms with Gasteiger partial charge in [-0.25, -0.2) is 9.59 Å². The van der Waals surface area contributed by atoms with Crippen LogP contribution in [0.15, 0.2) is 6.20 Å². The SMILES string of the molecule is Cc1nn(CC(NC(=O)OC(C)(C)C)(C(=O)O)C2CC2)cc1Cl. The topological polar surface area (TPSA) is 93.5 Å². The average Bonchev–Trinajstić information content (AvgIpc) is 3.14. The van der Waals surface area contributed by atoms with E-state index in [2.05, 4.69) is 10.4 Å². The van der Waals surface area contributed by atoms with E-state index in [0.717, 1.165) is 12.8 Å². The van der Waals surface area contributed by atoms with Crippen molar-refractivity contribution in [2.45, 2.75) is 58.2 Å². The molecule has 1 saturated carbocycles. The minimum atomic E-state index is -1.45. The Morgan fingerprint density at radius 2 is 2.09 bits per heavy atom. The van der Waals surface area contributed by atoms with Crippen LogP contribution in [-0.4, -0.2) is 38.1 Å². The van der Waals surface area contributed by atoms with Crippen LogP contribution < -0.4 is 5.32 Å². The summed E-state index contributed by atoms with van der Waals surface area (Å²) in [7, 11) is 0. The number of nitrogens with one attached hydrogen (secondary N) is 1. The maximum atomic E-state index is 12.1. The number of carbonyl (C=O) groups excluding carboxylic acids is 1. The summed E-state index contributed by atoms with van der Waals surface area (Å²) in [5.41, 5.74) is -1.55. The smallest absolute Gasteiger partial charge is 0.408 e. The van der Waals surface area contributed by atoms with Crippen molar-refractivity contribution in [3.8, 4) is 0 Å². The normalized spacial score (nSPS) is 17.4. The molecule has 0 aromatic carbocycles. The van der Waals surface area contributed by atoms with Gasteiger partial charge in [0.25, 0.3) is 0 Å². The predicted octanol–water partition coefficient (Wildman–Crippen LogP) is 2.60. The molecule has 0 aliphatic heterocycles. The molecule has 1 aliphatic carbocycles. The highest BCUT2D eigenvalue weighted by molar-refractivity contribution is 6.31. The molecule has 128 valence electrons. The van der Waals surface area contributed by atoms with Gasteiger partial charge in [0.1, 0.15) is 5.60 Å². The zero-order valence-electron chi connectivity index (χ0n) is 13.7. The summed E-state index contributed by atoms with van der Waals surface area (Å²) < 4.78 is 6.68. The van der Waals surface area contributed by atoms with Gasteiger partial charge in [0.05, 0.1) is 17.3 Å². The van der Waals surface area contributed by atoms with Crippen molar-refractivity contribution < 1.29 is 19.4 Å². The van der Waals surface area contributed by atoms with Crippen molar-refractivity contribution in [3.63, 3.8) is 0 Å². The zero-order valence-corrected chi connectivity index (χ0v) is 14.5. The largest absolute Gasteiger partial charge is 0.479 e. The summed E-state index contributed by atoms with van der Waals surface area (Å²) in [6.45, 7) is 6.91. The molecule has 1 amide bonds. The first-order valence-corrected chi connectivity index (χ1v) is 7.85. The Hall–Kier alpha value is -1.76. The second kappa shape index (κ2) is 6.03. The van der Waals surface area contributed by atoms with Gasteiger partial charge in [0, 0.05) is 6.20 Å². The van der Waals surface area contributed by atoms with E-state index in [4.69, 9.17) is 16.3 Å². The number of amides is 1. The van der Waals surface area contributed by atoms with Crippen molar-refractivity contribution in [2.75, 3.05) is 0 Å². The van der Waals surface area contributed by atoms with Crippen molar-refractivity contribution >= 4 is 23.7 Å². The number of halogens is 1. The minimum absolute atomic E-state index is 0.000196. The highest BCUT2D eigenvalue weighted by Crippen LogP contribution is 2.41. The minimum Gasteiger partial charge on any atom is -0.479 e. The molecule has 23 heavy (non-hydrogen) atoms. The van der Waals surface area contributed by atoms with E-state index in [1.54, 1.807) is 33.9 Å². The van der Waals surface area contributed by atoms with Gasteiger partial charge in [0.15, 0.2) is 5.54 Å². The quantitative estimate of drug-likeness (QED) is 0.857. The Kier molecular flexibility index (Phi) is 4.61. The second-order valence-electron chi connectivity index (χ2n) is 6.94. The van der Waals surface area contributed by atoms with Crippen LogP contribution in [0.2, 0.25) is 5.02 Å². The third kappa shape index (κ3) is 4.16. The van der Waals surface area contributed by atoms with E-state index in [-0.39, 0.29) is 12.5 Å². The molecule has 1 aromatic rings. The first-order chi connectivity index (χ1) is 10.5. The van der Waals surface area contributed by atoms with Gasteiger partial charge >= 0.3 is 12.1 Å². The number of nitrogens with zero attached hydrogens (tertiary/aromatic N) is 2.